The van der Waals surface area contributed by atoms with Gasteiger partial charge in [0.05, 0.1) is 16.1 Å². The number of amides is 2. The molecule has 1 aliphatic carbocycles. The van der Waals surface area contributed by atoms with Crippen LogP contribution in [0, 0.1) is 12.9 Å². The number of aryl methyl sites for hydroxylation is 1. The molecule has 0 spiro atoms. The summed E-state index contributed by atoms with van der Waals surface area (Å²) in [7, 11) is 0. The molecule has 0 saturated heterocycles. The van der Waals surface area contributed by atoms with Gasteiger partial charge in [-0.2, -0.15) is 9.37 Å². The van der Waals surface area contributed by atoms with Gasteiger partial charge in [-0.25, -0.2) is 4.98 Å². The first-order valence-corrected chi connectivity index (χ1v) is 12.6. The molecule has 1 fully saturated rings. The Morgan fingerprint density at radius 3 is 2.54 bits per heavy atom. The van der Waals surface area contributed by atoms with Gasteiger partial charge in [0.25, 0.3) is 5.91 Å². The minimum atomic E-state index is -0.968. The summed E-state index contributed by atoms with van der Waals surface area (Å²) < 4.78 is 20.2. The van der Waals surface area contributed by atoms with Crippen LogP contribution in [0.5, 0.6) is 0 Å². The molecule has 1 aliphatic rings. The van der Waals surface area contributed by atoms with Gasteiger partial charge in [0.1, 0.15) is 11.2 Å². The van der Waals surface area contributed by atoms with Crippen molar-refractivity contribution >= 4 is 34.3 Å². The Balaban J connectivity index is 1.19. The second-order valence-corrected chi connectivity index (χ2v) is 9.79. The summed E-state index contributed by atoms with van der Waals surface area (Å²) in [6, 6.07) is 17.9. The van der Waals surface area contributed by atoms with Crippen LogP contribution in [0.4, 0.5) is 4.39 Å². The van der Waals surface area contributed by atoms with Crippen molar-refractivity contribution in [2.24, 2.45) is 0 Å². The highest BCUT2D eigenvalue weighted by atomic mass is 35.5. The predicted octanol–water partition coefficient (Wildman–Crippen LogP) is 4.76. The van der Waals surface area contributed by atoms with E-state index >= 15 is 0 Å². The van der Waals surface area contributed by atoms with Crippen LogP contribution in [-0.4, -0.2) is 37.0 Å². The summed E-state index contributed by atoms with van der Waals surface area (Å²) in [4.78, 5) is 33.3. The number of nitrogens with zero attached hydrogens (tertiary/aromatic N) is 4. The van der Waals surface area contributed by atoms with Gasteiger partial charge in [-0.05, 0) is 48.7 Å². The zero-order chi connectivity index (χ0) is 27.1. The average molecular weight is 545 g/mol. The number of nitrogens with one attached hydrogen (secondary N) is 2. The molecule has 3 aromatic heterocycles. The SMILES string of the molecule is Cc1nc(-c2c(Cl)c3ccccc3n2-c2ccc(CNC(=O)C3(NC(=O)c4ccc(F)nc4)CC3)cc2)no1. The second kappa shape index (κ2) is 9.63. The van der Waals surface area contributed by atoms with Crippen molar-refractivity contribution in [1.82, 2.24) is 30.3 Å². The first-order valence-electron chi connectivity index (χ1n) is 12.3. The van der Waals surface area contributed by atoms with Gasteiger partial charge in [-0.1, -0.05) is 47.1 Å². The molecule has 0 atom stereocenters. The van der Waals surface area contributed by atoms with E-state index in [1.165, 1.54) is 6.07 Å². The van der Waals surface area contributed by atoms with E-state index in [4.69, 9.17) is 16.1 Å². The van der Waals surface area contributed by atoms with Gasteiger partial charge >= 0.3 is 0 Å². The lowest BCUT2D eigenvalue weighted by molar-refractivity contribution is -0.124. The number of rotatable bonds is 7. The van der Waals surface area contributed by atoms with E-state index in [-0.39, 0.29) is 18.0 Å². The fourth-order valence-electron chi connectivity index (χ4n) is 4.51. The second-order valence-electron chi connectivity index (χ2n) is 9.41. The maximum absolute atomic E-state index is 13.1. The molecular weight excluding hydrogens is 523 g/mol. The maximum Gasteiger partial charge on any atom is 0.253 e. The highest BCUT2D eigenvalue weighted by Crippen LogP contribution is 2.39. The number of hydrogen-bond donors (Lipinski definition) is 2. The van der Waals surface area contributed by atoms with Crippen LogP contribution < -0.4 is 10.6 Å². The number of benzene rings is 2. The molecule has 196 valence electrons. The van der Waals surface area contributed by atoms with Crippen molar-refractivity contribution < 1.29 is 18.5 Å². The van der Waals surface area contributed by atoms with E-state index in [0.717, 1.165) is 34.4 Å². The molecule has 39 heavy (non-hydrogen) atoms. The van der Waals surface area contributed by atoms with Crippen molar-refractivity contribution in [2.45, 2.75) is 31.8 Å². The lowest BCUT2D eigenvalue weighted by Crippen LogP contribution is -2.48. The third-order valence-corrected chi connectivity index (χ3v) is 7.11. The molecule has 1 saturated carbocycles. The van der Waals surface area contributed by atoms with E-state index in [1.807, 2.05) is 53.1 Å². The van der Waals surface area contributed by atoms with Gasteiger partial charge in [0, 0.05) is 30.7 Å². The summed E-state index contributed by atoms with van der Waals surface area (Å²) in [5, 5.41) is 11.1. The highest BCUT2D eigenvalue weighted by Gasteiger charge is 2.51. The Kier molecular flexibility index (Phi) is 6.11. The molecule has 6 rings (SSSR count). The molecule has 2 aromatic carbocycles. The number of aromatic nitrogens is 4. The van der Waals surface area contributed by atoms with Crippen molar-refractivity contribution in [3.63, 3.8) is 0 Å². The fraction of sp³-hybridized carbons (Fsp3) is 0.179. The van der Waals surface area contributed by atoms with Crippen molar-refractivity contribution in [3.8, 4) is 17.2 Å². The minimum Gasteiger partial charge on any atom is -0.350 e. The van der Waals surface area contributed by atoms with Gasteiger partial charge < -0.3 is 19.7 Å². The zero-order valence-electron chi connectivity index (χ0n) is 20.7. The van der Waals surface area contributed by atoms with E-state index in [1.54, 1.807) is 6.92 Å². The summed E-state index contributed by atoms with van der Waals surface area (Å²) in [5.74, 6) is -0.593. The number of fused-ring (bicyclic) bond motifs is 1. The van der Waals surface area contributed by atoms with Crippen LogP contribution in [-0.2, 0) is 11.3 Å². The van der Waals surface area contributed by atoms with Crippen LogP contribution in [0.1, 0.15) is 34.7 Å². The number of halogens is 2. The molecule has 2 amide bonds. The molecule has 2 N–H and O–H groups in total. The summed E-state index contributed by atoms with van der Waals surface area (Å²) in [5.41, 5.74) is 2.45. The molecular formula is C28H22ClFN6O3. The monoisotopic (exact) mass is 544 g/mol. The van der Waals surface area contributed by atoms with E-state index in [0.29, 0.717) is 35.3 Å². The molecule has 0 unspecified atom stereocenters. The Labute approximate surface area is 227 Å². The average Bonchev–Trinajstić information content (AvgIpc) is 3.51. The highest BCUT2D eigenvalue weighted by molar-refractivity contribution is 6.38. The Morgan fingerprint density at radius 1 is 1.10 bits per heavy atom. The first-order chi connectivity index (χ1) is 18.8. The lowest BCUT2D eigenvalue weighted by atomic mass is 10.1. The summed E-state index contributed by atoms with van der Waals surface area (Å²) in [6.07, 6.45) is 2.20. The summed E-state index contributed by atoms with van der Waals surface area (Å²) >= 11 is 6.76. The van der Waals surface area contributed by atoms with Crippen LogP contribution >= 0.6 is 11.6 Å². The van der Waals surface area contributed by atoms with Crippen LogP contribution in [0.2, 0.25) is 5.02 Å². The van der Waals surface area contributed by atoms with Crippen LogP contribution in [0.25, 0.3) is 28.1 Å². The normalized spacial score (nSPS) is 13.8. The van der Waals surface area contributed by atoms with E-state index in [2.05, 4.69) is 25.8 Å². The Morgan fingerprint density at radius 2 is 1.87 bits per heavy atom. The quantitative estimate of drug-likeness (QED) is 0.286. The third-order valence-electron chi connectivity index (χ3n) is 6.73. The molecule has 3 heterocycles. The minimum absolute atomic E-state index is 0.194. The number of carbonyl (C=O) groups is 2. The third kappa shape index (κ3) is 4.63. The standard InChI is InChI=1S/C28H22ClFN6O3/c1-16-33-25(35-39-16)24-23(29)20-4-2-3-5-21(20)36(24)19-9-6-17(7-10-19)14-32-27(38)28(12-13-28)34-26(37)18-8-11-22(30)31-15-18/h2-11,15H,12-14H2,1H3,(H,32,38)(H,34,37). The maximum atomic E-state index is 13.1. The molecule has 0 aliphatic heterocycles. The van der Waals surface area contributed by atoms with Crippen molar-refractivity contribution in [3.05, 3.63) is 94.8 Å². The molecule has 9 nitrogen and oxygen atoms in total. The van der Waals surface area contributed by atoms with Crippen molar-refractivity contribution in [1.29, 1.82) is 0 Å². The number of para-hydroxylation sites is 1. The van der Waals surface area contributed by atoms with Crippen LogP contribution in [0.15, 0.2) is 71.4 Å². The van der Waals surface area contributed by atoms with E-state index in [9.17, 15) is 14.0 Å². The van der Waals surface area contributed by atoms with Gasteiger partial charge in [0.2, 0.25) is 23.6 Å². The topological polar surface area (TPSA) is 115 Å². The Bertz CT molecular complexity index is 1710. The van der Waals surface area contributed by atoms with E-state index < -0.39 is 17.4 Å². The van der Waals surface area contributed by atoms with Gasteiger partial charge in [0.15, 0.2) is 0 Å². The molecule has 5 aromatic rings. The molecule has 11 heteroatoms. The fourth-order valence-corrected chi connectivity index (χ4v) is 4.84. The van der Waals surface area contributed by atoms with Crippen molar-refractivity contribution in [2.75, 3.05) is 0 Å². The molecule has 0 radical (unpaired) electrons. The lowest BCUT2D eigenvalue weighted by Gasteiger charge is -2.17. The largest absolute Gasteiger partial charge is 0.350 e. The summed E-state index contributed by atoms with van der Waals surface area (Å²) in [6.45, 7) is 2.00. The number of pyridine rings is 1. The predicted molar refractivity (Wildman–Crippen MR) is 142 cm³/mol. The Hall–Kier alpha value is -4.57. The smallest absolute Gasteiger partial charge is 0.253 e. The molecule has 0 bridgehead atoms. The first kappa shape index (κ1) is 24.7. The van der Waals surface area contributed by atoms with Gasteiger partial charge in [-0.3, -0.25) is 9.59 Å². The number of carbonyl (C=O) groups excluding carboxylic acids is 2. The van der Waals surface area contributed by atoms with Crippen LogP contribution in [0.3, 0.4) is 0 Å². The number of hydrogen-bond acceptors (Lipinski definition) is 6. The zero-order valence-corrected chi connectivity index (χ0v) is 21.5. The van der Waals surface area contributed by atoms with Gasteiger partial charge in [-0.15, -0.1) is 0 Å².